The van der Waals surface area contributed by atoms with E-state index in [1.54, 1.807) is 0 Å². The van der Waals surface area contributed by atoms with Crippen LogP contribution in [-0.4, -0.2) is 67.7 Å². The Balaban J connectivity index is 1.80. The van der Waals surface area contributed by atoms with Crippen molar-refractivity contribution in [2.45, 2.75) is 43.9 Å². The number of nitrogens with zero attached hydrogens (tertiary/aromatic N) is 2. The van der Waals surface area contributed by atoms with E-state index >= 15 is 0 Å². The minimum absolute atomic E-state index is 0.171. The van der Waals surface area contributed by atoms with Gasteiger partial charge in [0.2, 0.25) is 0 Å². The fraction of sp³-hybridized carbons (Fsp3) is 0.923. The Morgan fingerprint density at radius 2 is 2.21 bits per heavy atom. The van der Waals surface area contributed by atoms with Crippen LogP contribution >= 0.6 is 0 Å². The van der Waals surface area contributed by atoms with E-state index in [2.05, 4.69) is 29.3 Å². The summed E-state index contributed by atoms with van der Waals surface area (Å²) in [7, 11) is 4.23. The Morgan fingerprint density at radius 1 is 1.42 bits per heavy atom. The number of likely N-dealkylation sites (N-methyl/N-ethyl adjacent to an activating group) is 1. The number of amides is 1. The molecule has 0 bridgehead atoms. The van der Waals surface area contributed by atoms with Crippen LogP contribution < -0.4 is 11.3 Å². The lowest BCUT2D eigenvalue weighted by molar-refractivity contribution is -0.132. The predicted octanol–water partition coefficient (Wildman–Crippen LogP) is -0.450. The molecule has 6 nitrogen and oxygen atoms in total. The number of likely N-dealkylation sites (tertiary alicyclic amines) is 1. The van der Waals surface area contributed by atoms with E-state index in [4.69, 9.17) is 10.6 Å². The lowest BCUT2D eigenvalue weighted by Gasteiger charge is -2.29. The second-order valence-electron chi connectivity index (χ2n) is 5.89. The molecule has 2 aliphatic heterocycles. The van der Waals surface area contributed by atoms with Crippen molar-refractivity contribution in [3.05, 3.63) is 0 Å². The van der Waals surface area contributed by atoms with Crippen LogP contribution in [0, 0.1) is 0 Å². The number of ether oxygens (including phenoxy) is 1. The van der Waals surface area contributed by atoms with Gasteiger partial charge in [-0.3, -0.25) is 15.1 Å². The topological polar surface area (TPSA) is 70.8 Å². The average molecular weight is 270 g/mol. The number of hydrogen-bond acceptors (Lipinski definition) is 5. The first-order chi connectivity index (χ1) is 9.10. The normalized spacial score (nSPS) is 32.1. The fourth-order valence-corrected chi connectivity index (χ4v) is 3.15. The molecule has 2 heterocycles. The highest BCUT2D eigenvalue weighted by Crippen LogP contribution is 2.24. The maximum Gasteiger partial charge on any atom is 0.263 e. The van der Waals surface area contributed by atoms with Gasteiger partial charge in [0.25, 0.3) is 5.91 Å². The Labute approximate surface area is 115 Å². The molecule has 0 aromatic heterocycles. The molecule has 2 saturated heterocycles. The van der Waals surface area contributed by atoms with Crippen LogP contribution in [-0.2, 0) is 9.53 Å². The molecule has 6 heteroatoms. The Kier molecular flexibility index (Phi) is 5.15. The monoisotopic (exact) mass is 270 g/mol. The minimum atomic E-state index is -0.357. The second-order valence-corrected chi connectivity index (χ2v) is 5.89. The molecule has 0 radical (unpaired) electrons. The lowest BCUT2D eigenvalue weighted by Crippen LogP contribution is -2.43. The number of hydrazine groups is 1. The van der Waals surface area contributed by atoms with Crippen molar-refractivity contribution < 1.29 is 9.53 Å². The molecule has 0 aromatic rings. The van der Waals surface area contributed by atoms with Crippen LogP contribution in [0.5, 0.6) is 0 Å². The maximum absolute atomic E-state index is 11.4. The summed E-state index contributed by atoms with van der Waals surface area (Å²) >= 11 is 0. The molecule has 3 atom stereocenters. The van der Waals surface area contributed by atoms with Crippen molar-refractivity contribution in [2.24, 2.45) is 5.84 Å². The molecular weight excluding hydrogens is 244 g/mol. The van der Waals surface area contributed by atoms with Crippen LogP contribution in [0.25, 0.3) is 0 Å². The highest BCUT2D eigenvalue weighted by atomic mass is 16.5. The average Bonchev–Trinajstić information content (AvgIpc) is 2.99. The number of nitrogens with one attached hydrogen (secondary N) is 1. The van der Waals surface area contributed by atoms with Crippen molar-refractivity contribution >= 4 is 5.91 Å². The largest absolute Gasteiger partial charge is 0.364 e. The summed E-state index contributed by atoms with van der Waals surface area (Å²) in [5.41, 5.74) is 2.17. The van der Waals surface area contributed by atoms with Crippen molar-refractivity contribution in [1.82, 2.24) is 15.2 Å². The molecule has 110 valence electrons. The van der Waals surface area contributed by atoms with Crippen LogP contribution in [0.1, 0.15) is 25.7 Å². The SMILES string of the molecule is CN(C)CC1CCCN1CC1CCC(C(=O)NN)O1. The Hall–Kier alpha value is -0.690. The number of rotatable bonds is 5. The summed E-state index contributed by atoms with van der Waals surface area (Å²) in [5, 5.41) is 0. The summed E-state index contributed by atoms with van der Waals surface area (Å²) in [4.78, 5) is 16.2. The first-order valence-corrected chi connectivity index (χ1v) is 7.15. The second kappa shape index (κ2) is 6.65. The molecule has 3 N–H and O–H groups in total. The van der Waals surface area contributed by atoms with E-state index in [0.29, 0.717) is 6.04 Å². The lowest BCUT2D eigenvalue weighted by atomic mass is 10.1. The van der Waals surface area contributed by atoms with Crippen molar-refractivity contribution in [1.29, 1.82) is 0 Å². The van der Waals surface area contributed by atoms with Crippen molar-refractivity contribution in [2.75, 3.05) is 33.7 Å². The molecule has 0 aromatic carbocycles. The van der Waals surface area contributed by atoms with Gasteiger partial charge in [-0.15, -0.1) is 0 Å². The van der Waals surface area contributed by atoms with E-state index in [-0.39, 0.29) is 18.1 Å². The predicted molar refractivity (Wildman–Crippen MR) is 73.4 cm³/mol. The van der Waals surface area contributed by atoms with Gasteiger partial charge in [0.15, 0.2) is 0 Å². The third kappa shape index (κ3) is 3.89. The van der Waals surface area contributed by atoms with Gasteiger partial charge >= 0.3 is 0 Å². The van der Waals surface area contributed by atoms with Crippen LogP contribution in [0.2, 0.25) is 0 Å². The van der Waals surface area contributed by atoms with Gasteiger partial charge in [-0.1, -0.05) is 0 Å². The number of hydrogen-bond donors (Lipinski definition) is 2. The van der Waals surface area contributed by atoms with E-state index in [1.807, 2.05) is 0 Å². The summed E-state index contributed by atoms with van der Waals surface area (Å²) in [6.07, 6.45) is 4.06. The summed E-state index contributed by atoms with van der Waals surface area (Å²) in [6.45, 7) is 3.18. The Morgan fingerprint density at radius 3 is 2.89 bits per heavy atom. The van der Waals surface area contributed by atoms with Gasteiger partial charge in [0, 0.05) is 19.1 Å². The molecule has 19 heavy (non-hydrogen) atoms. The van der Waals surface area contributed by atoms with E-state index in [0.717, 1.165) is 32.5 Å². The van der Waals surface area contributed by atoms with Gasteiger partial charge < -0.3 is 9.64 Å². The molecule has 2 rings (SSSR count). The zero-order valence-corrected chi connectivity index (χ0v) is 12.0. The summed E-state index contributed by atoms with van der Waals surface area (Å²) in [6, 6.07) is 0.626. The van der Waals surface area contributed by atoms with Crippen LogP contribution in [0.4, 0.5) is 0 Å². The zero-order chi connectivity index (χ0) is 13.8. The van der Waals surface area contributed by atoms with Crippen molar-refractivity contribution in [3.63, 3.8) is 0 Å². The number of carbonyl (C=O) groups is 1. The molecule has 0 spiro atoms. The first kappa shape index (κ1) is 14.7. The highest BCUT2D eigenvalue weighted by molar-refractivity contribution is 5.80. The number of carbonyl (C=O) groups excluding carboxylic acids is 1. The number of nitrogens with two attached hydrogens (primary N) is 1. The van der Waals surface area contributed by atoms with Gasteiger partial charge in [0.05, 0.1) is 6.10 Å². The smallest absolute Gasteiger partial charge is 0.263 e. The van der Waals surface area contributed by atoms with E-state index in [1.165, 1.54) is 12.8 Å². The molecule has 2 aliphatic rings. The highest BCUT2D eigenvalue weighted by Gasteiger charge is 2.34. The molecule has 3 unspecified atom stereocenters. The first-order valence-electron chi connectivity index (χ1n) is 7.15. The standard InChI is InChI=1S/C13H26N4O2/c1-16(2)8-10-4-3-7-17(10)9-11-5-6-12(19-11)13(18)15-14/h10-12H,3-9,14H2,1-2H3,(H,15,18). The quantitative estimate of drug-likeness (QED) is 0.402. The molecule has 0 saturated carbocycles. The summed E-state index contributed by atoms with van der Waals surface area (Å²) in [5.74, 6) is 4.94. The van der Waals surface area contributed by atoms with E-state index < -0.39 is 0 Å². The van der Waals surface area contributed by atoms with Gasteiger partial charge in [0.1, 0.15) is 6.10 Å². The third-order valence-electron chi connectivity index (χ3n) is 4.06. The summed E-state index contributed by atoms with van der Waals surface area (Å²) < 4.78 is 5.78. The molecule has 0 aliphatic carbocycles. The molecule has 2 fully saturated rings. The van der Waals surface area contributed by atoms with Crippen molar-refractivity contribution in [3.8, 4) is 0 Å². The minimum Gasteiger partial charge on any atom is -0.364 e. The van der Waals surface area contributed by atoms with Crippen LogP contribution in [0.15, 0.2) is 0 Å². The van der Waals surface area contributed by atoms with E-state index in [9.17, 15) is 4.79 Å². The fourth-order valence-electron chi connectivity index (χ4n) is 3.15. The van der Waals surface area contributed by atoms with Gasteiger partial charge in [-0.25, -0.2) is 5.84 Å². The molecule has 1 amide bonds. The maximum atomic E-state index is 11.4. The van der Waals surface area contributed by atoms with Crippen LogP contribution in [0.3, 0.4) is 0 Å². The third-order valence-corrected chi connectivity index (χ3v) is 4.06. The molecular formula is C13H26N4O2. The van der Waals surface area contributed by atoms with Gasteiger partial charge in [-0.05, 0) is 46.3 Å². The zero-order valence-electron chi connectivity index (χ0n) is 12.0. The Bertz CT molecular complexity index is 311. The van der Waals surface area contributed by atoms with Gasteiger partial charge in [-0.2, -0.15) is 0 Å².